The Balaban J connectivity index is 0.00000225. The SMILES string of the molecule is CCc1nc(CNC(=NC)N2CCC(Cc3cnn(C)c3)C2)cs1.I. The first-order chi connectivity index (χ1) is 11.7. The van der Waals surface area contributed by atoms with Gasteiger partial charge in [0.15, 0.2) is 5.96 Å². The minimum Gasteiger partial charge on any atom is -0.351 e. The Kier molecular flexibility index (Phi) is 7.67. The molecule has 0 aromatic carbocycles. The highest BCUT2D eigenvalue weighted by Crippen LogP contribution is 2.20. The molecule has 1 fully saturated rings. The zero-order valence-corrected chi connectivity index (χ0v) is 18.3. The molecule has 1 unspecified atom stereocenters. The summed E-state index contributed by atoms with van der Waals surface area (Å²) in [5.41, 5.74) is 2.42. The number of aryl methyl sites for hydroxylation is 2. The van der Waals surface area contributed by atoms with Gasteiger partial charge in [0.1, 0.15) is 0 Å². The fraction of sp³-hybridized carbons (Fsp3) is 0.588. The molecule has 0 amide bonds. The number of guanidine groups is 1. The molecule has 0 aliphatic carbocycles. The molecule has 3 heterocycles. The van der Waals surface area contributed by atoms with Crippen LogP contribution in [0.25, 0.3) is 0 Å². The molecule has 0 saturated carbocycles. The predicted molar refractivity (Wildman–Crippen MR) is 114 cm³/mol. The van der Waals surface area contributed by atoms with E-state index in [-0.39, 0.29) is 24.0 Å². The summed E-state index contributed by atoms with van der Waals surface area (Å²) >= 11 is 1.73. The Labute approximate surface area is 170 Å². The van der Waals surface area contributed by atoms with Crippen molar-refractivity contribution in [1.29, 1.82) is 0 Å². The van der Waals surface area contributed by atoms with Gasteiger partial charge in [0, 0.05) is 38.8 Å². The van der Waals surface area contributed by atoms with Crippen molar-refractivity contribution < 1.29 is 0 Å². The van der Waals surface area contributed by atoms with E-state index in [0.29, 0.717) is 5.92 Å². The molecular weight excluding hydrogens is 447 g/mol. The van der Waals surface area contributed by atoms with Crippen LogP contribution in [0.5, 0.6) is 0 Å². The largest absolute Gasteiger partial charge is 0.351 e. The van der Waals surface area contributed by atoms with Crippen molar-refractivity contribution >= 4 is 41.3 Å². The molecular formula is C17H27IN6S. The number of rotatable bonds is 5. The summed E-state index contributed by atoms with van der Waals surface area (Å²) in [6.45, 7) is 4.99. The number of halogens is 1. The van der Waals surface area contributed by atoms with E-state index in [4.69, 9.17) is 0 Å². The van der Waals surface area contributed by atoms with Crippen molar-refractivity contribution in [3.05, 3.63) is 34.0 Å². The van der Waals surface area contributed by atoms with Crippen LogP contribution in [0.15, 0.2) is 22.8 Å². The van der Waals surface area contributed by atoms with Crippen molar-refractivity contribution in [1.82, 2.24) is 25.0 Å². The van der Waals surface area contributed by atoms with E-state index in [1.54, 1.807) is 11.3 Å². The smallest absolute Gasteiger partial charge is 0.193 e. The number of hydrogen-bond donors (Lipinski definition) is 1. The number of nitrogens with zero attached hydrogens (tertiary/aromatic N) is 5. The van der Waals surface area contributed by atoms with Gasteiger partial charge in [-0.1, -0.05) is 6.92 Å². The number of nitrogens with one attached hydrogen (secondary N) is 1. The summed E-state index contributed by atoms with van der Waals surface area (Å²) in [5, 5.41) is 11.0. The molecule has 2 aromatic rings. The third-order valence-electron chi connectivity index (χ3n) is 4.41. The topological polar surface area (TPSA) is 58.3 Å². The normalized spacial score (nSPS) is 17.6. The first-order valence-electron chi connectivity index (χ1n) is 8.54. The van der Waals surface area contributed by atoms with E-state index in [9.17, 15) is 0 Å². The first kappa shape index (κ1) is 20.2. The Morgan fingerprint density at radius 3 is 2.96 bits per heavy atom. The summed E-state index contributed by atoms with van der Waals surface area (Å²) < 4.78 is 1.88. The van der Waals surface area contributed by atoms with Crippen molar-refractivity contribution in [2.24, 2.45) is 18.0 Å². The monoisotopic (exact) mass is 474 g/mol. The fourth-order valence-corrected chi connectivity index (χ4v) is 3.94. The maximum Gasteiger partial charge on any atom is 0.193 e. The molecule has 1 atom stereocenters. The lowest BCUT2D eigenvalue weighted by molar-refractivity contribution is 0.459. The van der Waals surface area contributed by atoms with Crippen molar-refractivity contribution in [3.8, 4) is 0 Å². The van der Waals surface area contributed by atoms with Crippen LogP contribution >= 0.6 is 35.3 Å². The molecule has 0 radical (unpaired) electrons. The molecule has 0 spiro atoms. The third-order valence-corrected chi connectivity index (χ3v) is 5.45. The third kappa shape index (κ3) is 5.40. The number of thiazole rings is 1. The zero-order chi connectivity index (χ0) is 16.9. The van der Waals surface area contributed by atoms with Gasteiger partial charge in [-0.05, 0) is 30.7 Å². The maximum absolute atomic E-state index is 4.61. The summed E-state index contributed by atoms with van der Waals surface area (Å²) in [6.07, 6.45) is 7.38. The molecule has 1 aliphatic heterocycles. The molecule has 138 valence electrons. The highest BCUT2D eigenvalue weighted by molar-refractivity contribution is 14.0. The van der Waals surface area contributed by atoms with Crippen LogP contribution in [0.4, 0.5) is 0 Å². The second-order valence-electron chi connectivity index (χ2n) is 6.31. The molecule has 2 aromatic heterocycles. The first-order valence-corrected chi connectivity index (χ1v) is 9.42. The van der Waals surface area contributed by atoms with E-state index in [0.717, 1.165) is 44.1 Å². The van der Waals surface area contributed by atoms with Crippen LogP contribution in [0.1, 0.15) is 29.6 Å². The summed E-state index contributed by atoms with van der Waals surface area (Å²) in [7, 11) is 3.83. The highest BCUT2D eigenvalue weighted by Gasteiger charge is 2.25. The lowest BCUT2D eigenvalue weighted by Gasteiger charge is -2.21. The minimum atomic E-state index is 0. The van der Waals surface area contributed by atoms with Gasteiger partial charge < -0.3 is 10.2 Å². The molecule has 6 nitrogen and oxygen atoms in total. The predicted octanol–water partition coefficient (Wildman–Crippen LogP) is 2.70. The van der Waals surface area contributed by atoms with Crippen LogP contribution in [-0.2, 0) is 26.4 Å². The zero-order valence-electron chi connectivity index (χ0n) is 15.1. The van der Waals surface area contributed by atoms with Crippen molar-refractivity contribution in [2.75, 3.05) is 20.1 Å². The van der Waals surface area contributed by atoms with Crippen molar-refractivity contribution in [3.63, 3.8) is 0 Å². The maximum atomic E-state index is 4.61. The van der Waals surface area contributed by atoms with E-state index >= 15 is 0 Å². The van der Waals surface area contributed by atoms with Crippen LogP contribution in [0, 0.1) is 5.92 Å². The van der Waals surface area contributed by atoms with Gasteiger partial charge in [0.2, 0.25) is 0 Å². The molecule has 0 bridgehead atoms. The molecule has 3 rings (SSSR count). The Morgan fingerprint density at radius 2 is 2.32 bits per heavy atom. The van der Waals surface area contributed by atoms with Gasteiger partial charge in [-0.2, -0.15) is 5.10 Å². The fourth-order valence-electron chi connectivity index (χ4n) is 3.20. The number of aromatic nitrogens is 3. The number of hydrogen-bond acceptors (Lipinski definition) is 4. The van der Waals surface area contributed by atoms with Gasteiger partial charge in [-0.15, -0.1) is 35.3 Å². The standard InChI is InChI=1S/C17H26N6S.HI/c1-4-16-21-15(12-24-16)9-19-17(18-2)23-6-5-13(11-23)7-14-8-20-22(3)10-14;/h8,10,12-13H,4-7,9,11H2,1-3H3,(H,18,19);1H. The Hall–Kier alpha value is -1.16. The van der Waals surface area contributed by atoms with E-state index in [1.165, 1.54) is 17.0 Å². The molecule has 1 aliphatic rings. The molecule has 1 N–H and O–H groups in total. The van der Waals surface area contributed by atoms with Crippen LogP contribution in [-0.4, -0.2) is 45.8 Å². The number of likely N-dealkylation sites (tertiary alicyclic amines) is 1. The molecule has 1 saturated heterocycles. The molecule has 8 heteroatoms. The average Bonchev–Trinajstić information content (AvgIpc) is 3.30. The lowest BCUT2D eigenvalue weighted by Crippen LogP contribution is -2.39. The quantitative estimate of drug-likeness (QED) is 0.412. The second-order valence-corrected chi connectivity index (χ2v) is 7.26. The van der Waals surface area contributed by atoms with E-state index in [2.05, 4.69) is 43.8 Å². The number of aliphatic imine (C=N–C) groups is 1. The van der Waals surface area contributed by atoms with Crippen LogP contribution < -0.4 is 5.32 Å². The highest BCUT2D eigenvalue weighted by atomic mass is 127. The van der Waals surface area contributed by atoms with Crippen LogP contribution in [0.3, 0.4) is 0 Å². The van der Waals surface area contributed by atoms with Gasteiger partial charge in [-0.3, -0.25) is 9.67 Å². The average molecular weight is 474 g/mol. The van der Waals surface area contributed by atoms with Crippen LogP contribution in [0.2, 0.25) is 0 Å². The van der Waals surface area contributed by atoms with E-state index in [1.807, 2.05) is 25.0 Å². The van der Waals surface area contributed by atoms with Gasteiger partial charge >= 0.3 is 0 Å². The van der Waals surface area contributed by atoms with E-state index < -0.39 is 0 Å². The summed E-state index contributed by atoms with van der Waals surface area (Å²) in [5.74, 6) is 1.65. The Morgan fingerprint density at radius 1 is 1.48 bits per heavy atom. The summed E-state index contributed by atoms with van der Waals surface area (Å²) in [4.78, 5) is 11.4. The van der Waals surface area contributed by atoms with Crippen molar-refractivity contribution in [2.45, 2.75) is 32.7 Å². The van der Waals surface area contributed by atoms with Gasteiger partial charge in [-0.25, -0.2) is 4.98 Å². The lowest BCUT2D eigenvalue weighted by atomic mass is 10.0. The van der Waals surface area contributed by atoms with Gasteiger partial charge in [0.25, 0.3) is 0 Å². The van der Waals surface area contributed by atoms with Gasteiger partial charge in [0.05, 0.1) is 23.4 Å². The Bertz CT molecular complexity index is 695. The second kappa shape index (κ2) is 9.51. The minimum absolute atomic E-state index is 0. The molecule has 25 heavy (non-hydrogen) atoms. The summed E-state index contributed by atoms with van der Waals surface area (Å²) in [6, 6.07) is 0.